The van der Waals surface area contributed by atoms with Crippen molar-refractivity contribution >= 4 is 30.0 Å². The van der Waals surface area contributed by atoms with E-state index in [9.17, 15) is 10.2 Å². The lowest BCUT2D eigenvalue weighted by Gasteiger charge is -2.02. The van der Waals surface area contributed by atoms with Gasteiger partial charge in [-0.25, -0.2) is 0 Å². The molecule has 2 aromatic rings. The Bertz CT molecular complexity index is 725. The van der Waals surface area contributed by atoms with Crippen molar-refractivity contribution in [3.05, 3.63) is 33.3 Å². The van der Waals surface area contributed by atoms with Gasteiger partial charge in [0, 0.05) is 5.92 Å². The number of aromatic nitrogens is 3. The molecule has 104 valence electrons. The molecule has 0 amide bonds. The minimum Gasteiger partial charge on any atom is -0.504 e. The normalized spacial score (nSPS) is 15.1. The number of nitrogens with zero attached hydrogens (tertiary/aromatic N) is 3. The van der Waals surface area contributed by atoms with E-state index in [1.54, 1.807) is 4.68 Å². The van der Waals surface area contributed by atoms with Crippen LogP contribution >= 0.6 is 23.8 Å². The number of phenolic OH excluding ortho intramolecular Hbond substituents is 2. The lowest BCUT2D eigenvalue weighted by Crippen LogP contribution is -1.97. The largest absolute Gasteiger partial charge is 0.504 e. The number of halogens is 1. The highest BCUT2D eigenvalue weighted by molar-refractivity contribution is 7.71. The molecule has 0 aliphatic heterocycles. The monoisotopic (exact) mass is 310 g/mol. The van der Waals surface area contributed by atoms with Gasteiger partial charge in [0.1, 0.15) is 0 Å². The summed E-state index contributed by atoms with van der Waals surface area (Å²) in [6, 6.07) is 2.87. The predicted octanol–water partition coefficient (Wildman–Crippen LogP) is 2.76. The van der Waals surface area contributed by atoms with Crippen LogP contribution in [0, 0.1) is 4.77 Å². The van der Waals surface area contributed by atoms with Crippen LogP contribution in [0.3, 0.4) is 0 Å². The van der Waals surface area contributed by atoms with E-state index >= 15 is 0 Å². The van der Waals surface area contributed by atoms with E-state index in [-0.39, 0.29) is 16.5 Å². The number of H-pyrrole nitrogens is 1. The molecule has 1 heterocycles. The lowest BCUT2D eigenvalue weighted by molar-refractivity contribution is 0.404. The first kappa shape index (κ1) is 13.1. The second kappa shape index (κ2) is 4.92. The highest BCUT2D eigenvalue weighted by Crippen LogP contribution is 2.39. The van der Waals surface area contributed by atoms with Crippen molar-refractivity contribution in [2.75, 3.05) is 0 Å². The first-order chi connectivity index (χ1) is 9.56. The predicted molar refractivity (Wildman–Crippen MR) is 77.2 cm³/mol. The van der Waals surface area contributed by atoms with E-state index in [2.05, 4.69) is 15.3 Å². The summed E-state index contributed by atoms with van der Waals surface area (Å²) in [5.41, 5.74) is 0.551. The minimum atomic E-state index is -0.345. The average molecular weight is 311 g/mol. The zero-order chi connectivity index (χ0) is 14.3. The fraction of sp³-hybridized carbons (Fsp3) is 0.250. The van der Waals surface area contributed by atoms with Gasteiger partial charge in [-0.2, -0.15) is 14.9 Å². The molecule has 1 fully saturated rings. The van der Waals surface area contributed by atoms with E-state index in [1.165, 1.54) is 18.3 Å². The SMILES string of the molecule is Oc1cc(/C=N/n2c(C3CC3)n[nH]c2=S)cc(Cl)c1O. The maximum Gasteiger partial charge on any atom is 0.216 e. The van der Waals surface area contributed by atoms with Crippen LogP contribution in [-0.2, 0) is 0 Å². The van der Waals surface area contributed by atoms with Crippen molar-refractivity contribution in [1.82, 2.24) is 14.9 Å². The number of benzene rings is 1. The Labute approximate surface area is 124 Å². The van der Waals surface area contributed by atoms with Gasteiger partial charge in [-0.1, -0.05) is 11.6 Å². The molecule has 0 saturated heterocycles. The van der Waals surface area contributed by atoms with Gasteiger partial charge in [0.25, 0.3) is 0 Å². The Balaban J connectivity index is 1.95. The third-order valence-corrected chi connectivity index (χ3v) is 3.56. The summed E-state index contributed by atoms with van der Waals surface area (Å²) in [5.74, 6) is 0.567. The van der Waals surface area contributed by atoms with Crippen LogP contribution < -0.4 is 0 Å². The summed E-state index contributed by atoms with van der Waals surface area (Å²) in [7, 11) is 0. The number of aromatic hydroxyl groups is 2. The third kappa shape index (κ3) is 2.41. The minimum absolute atomic E-state index is 0.0599. The molecule has 1 aliphatic carbocycles. The smallest absolute Gasteiger partial charge is 0.216 e. The summed E-state index contributed by atoms with van der Waals surface area (Å²) in [6.45, 7) is 0. The second-order valence-corrected chi connectivity index (χ2v) is 5.38. The standard InChI is InChI=1S/C12H11ClN4O2S/c13-8-3-6(4-9(18)10(8)19)5-14-17-11(7-1-2-7)15-16-12(17)20/h3-5,7,18-19H,1-2H2,(H,16,20)/b14-5+. The molecular weight excluding hydrogens is 300 g/mol. The van der Waals surface area contributed by atoms with Crippen LogP contribution in [0.15, 0.2) is 17.2 Å². The van der Waals surface area contributed by atoms with Crippen molar-refractivity contribution in [3.63, 3.8) is 0 Å². The molecule has 0 spiro atoms. The van der Waals surface area contributed by atoms with Gasteiger partial charge < -0.3 is 10.2 Å². The Morgan fingerprint density at radius 2 is 2.20 bits per heavy atom. The zero-order valence-corrected chi connectivity index (χ0v) is 11.8. The van der Waals surface area contributed by atoms with Crippen LogP contribution in [0.2, 0.25) is 5.02 Å². The van der Waals surface area contributed by atoms with Crippen molar-refractivity contribution in [2.24, 2.45) is 5.10 Å². The average Bonchev–Trinajstić information content (AvgIpc) is 3.18. The quantitative estimate of drug-likeness (QED) is 0.462. The summed E-state index contributed by atoms with van der Waals surface area (Å²) < 4.78 is 1.97. The number of hydrogen-bond acceptors (Lipinski definition) is 5. The summed E-state index contributed by atoms with van der Waals surface area (Å²) in [6.07, 6.45) is 3.67. The van der Waals surface area contributed by atoms with Crippen LogP contribution in [0.25, 0.3) is 0 Å². The van der Waals surface area contributed by atoms with Crippen molar-refractivity contribution in [2.45, 2.75) is 18.8 Å². The van der Waals surface area contributed by atoms with E-state index in [4.69, 9.17) is 23.8 Å². The van der Waals surface area contributed by atoms with Gasteiger partial charge in [0.05, 0.1) is 11.2 Å². The number of rotatable bonds is 3. The first-order valence-electron chi connectivity index (χ1n) is 5.99. The van der Waals surface area contributed by atoms with Crippen molar-refractivity contribution in [1.29, 1.82) is 0 Å². The molecular formula is C12H11ClN4O2S. The van der Waals surface area contributed by atoms with E-state index in [0.29, 0.717) is 16.3 Å². The van der Waals surface area contributed by atoms with Gasteiger partial charge in [0.15, 0.2) is 17.3 Å². The van der Waals surface area contributed by atoms with Crippen LogP contribution in [-0.4, -0.2) is 31.3 Å². The van der Waals surface area contributed by atoms with Crippen LogP contribution in [0.5, 0.6) is 11.5 Å². The summed E-state index contributed by atoms with van der Waals surface area (Å²) in [4.78, 5) is 0. The highest BCUT2D eigenvalue weighted by atomic mass is 35.5. The van der Waals surface area contributed by atoms with Crippen LogP contribution in [0.1, 0.15) is 30.1 Å². The molecule has 0 bridgehead atoms. The van der Waals surface area contributed by atoms with E-state index in [1.807, 2.05) is 0 Å². The zero-order valence-electron chi connectivity index (χ0n) is 10.2. The Morgan fingerprint density at radius 1 is 1.45 bits per heavy atom. The molecule has 1 aromatic carbocycles. The fourth-order valence-electron chi connectivity index (χ4n) is 1.83. The van der Waals surface area contributed by atoms with Crippen LogP contribution in [0.4, 0.5) is 0 Å². The molecule has 0 atom stereocenters. The number of aromatic amines is 1. The highest BCUT2D eigenvalue weighted by Gasteiger charge is 2.29. The summed E-state index contributed by atoms with van der Waals surface area (Å²) >= 11 is 10.9. The first-order valence-corrected chi connectivity index (χ1v) is 6.78. The third-order valence-electron chi connectivity index (χ3n) is 3.01. The fourth-order valence-corrected chi connectivity index (χ4v) is 2.23. The maximum absolute atomic E-state index is 9.50. The molecule has 1 aromatic heterocycles. The Morgan fingerprint density at radius 3 is 2.85 bits per heavy atom. The molecule has 3 N–H and O–H groups in total. The number of hydrogen-bond donors (Lipinski definition) is 3. The van der Waals surface area contributed by atoms with Crippen molar-refractivity contribution < 1.29 is 10.2 Å². The molecule has 20 heavy (non-hydrogen) atoms. The van der Waals surface area contributed by atoms with Crippen molar-refractivity contribution in [3.8, 4) is 11.5 Å². The Kier molecular flexibility index (Phi) is 3.23. The number of phenols is 2. The molecule has 1 aliphatic rings. The molecule has 0 unspecified atom stereocenters. The van der Waals surface area contributed by atoms with Gasteiger partial charge in [-0.3, -0.25) is 5.10 Å². The number of nitrogens with one attached hydrogen (secondary N) is 1. The van der Waals surface area contributed by atoms with E-state index in [0.717, 1.165) is 18.7 Å². The lowest BCUT2D eigenvalue weighted by atomic mass is 10.2. The van der Waals surface area contributed by atoms with Gasteiger partial charge in [-0.15, -0.1) is 0 Å². The van der Waals surface area contributed by atoms with Gasteiger partial charge in [-0.05, 0) is 42.8 Å². The summed E-state index contributed by atoms with van der Waals surface area (Å²) in [5, 5.41) is 30.1. The topological polar surface area (TPSA) is 86.4 Å². The van der Waals surface area contributed by atoms with Gasteiger partial charge in [0.2, 0.25) is 4.77 Å². The molecule has 0 radical (unpaired) electrons. The van der Waals surface area contributed by atoms with Gasteiger partial charge >= 0.3 is 0 Å². The molecule has 1 saturated carbocycles. The molecule has 6 nitrogen and oxygen atoms in total. The second-order valence-electron chi connectivity index (χ2n) is 4.59. The maximum atomic E-state index is 9.50. The molecule has 8 heteroatoms. The Hall–Kier alpha value is -1.86. The van der Waals surface area contributed by atoms with E-state index < -0.39 is 0 Å². The molecule has 3 rings (SSSR count).